The molecule has 0 aromatic heterocycles. The summed E-state index contributed by atoms with van der Waals surface area (Å²) in [6.07, 6.45) is 0.224. The first-order valence-electron chi connectivity index (χ1n) is 3.47. The lowest BCUT2D eigenvalue weighted by atomic mass is 10.3. The lowest BCUT2D eigenvalue weighted by Gasteiger charge is -2.23. The summed E-state index contributed by atoms with van der Waals surface area (Å²) in [7, 11) is 0. The van der Waals surface area contributed by atoms with Crippen molar-refractivity contribution in [1.29, 1.82) is 0 Å². The number of hydrogen-bond acceptors (Lipinski definition) is 2. The van der Waals surface area contributed by atoms with Gasteiger partial charge in [0.25, 0.3) is 0 Å². The molecule has 0 amide bonds. The van der Waals surface area contributed by atoms with E-state index in [1.807, 2.05) is 18.7 Å². The van der Waals surface area contributed by atoms with Crippen molar-refractivity contribution >= 4 is 0 Å². The molecule has 0 saturated carbocycles. The van der Waals surface area contributed by atoms with E-state index in [2.05, 4.69) is 6.92 Å². The van der Waals surface area contributed by atoms with E-state index in [4.69, 9.17) is 0 Å². The van der Waals surface area contributed by atoms with Gasteiger partial charge in [0.2, 0.25) is 0 Å². The molecule has 0 aromatic rings. The second-order valence-corrected chi connectivity index (χ2v) is 1.99. The third-order valence-corrected chi connectivity index (χ3v) is 1.49. The van der Waals surface area contributed by atoms with Gasteiger partial charge in [-0.3, -0.25) is 4.90 Å². The van der Waals surface area contributed by atoms with Crippen LogP contribution in [0.4, 0.5) is 0 Å². The van der Waals surface area contributed by atoms with Gasteiger partial charge in [-0.1, -0.05) is 13.8 Å². The molecule has 0 bridgehead atoms. The quantitative estimate of drug-likeness (QED) is 0.571. The molecule has 0 rings (SSSR count). The molecular formula is C7H16NO. The van der Waals surface area contributed by atoms with Crippen molar-refractivity contribution in [1.82, 2.24) is 4.90 Å². The molecule has 1 N–H and O–H groups in total. The summed E-state index contributed by atoms with van der Waals surface area (Å²) in [4.78, 5) is 1.97. The summed E-state index contributed by atoms with van der Waals surface area (Å²) < 4.78 is 0. The Labute approximate surface area is 57.5 Å². The van der Waals surface area contributed by atoms with Crippen molar-refractivity contribution in [3.8, 4) is 0 Å². The van der Waals surface area contributed by atoms with Crippen LogP contribution in [0.1, 0.15) is 20.3 Å². The summed E-state index contributed by atoms with van der Waals surface area (Å²) in [6, 6.07) is 0. The Morgan fingerprint density at radius 2 is 1.89 bits per heavy atom. The average Bonchev–Trinajstić information content (AvgIpc) is 1.90. The van der Waals surface area contributed by atoms with Crippen LogP contribution >= 0.6 is 0 Å². The lowest BCUT2D eigenvalue weighted by molar-refractivity contribution is 0.0131. The van der Waals surface area contributed by atoms with Crippen molar-refractivity contribution in [2.24, 2.45) is 0 Å². The largest absolute Gasteiger partial charge is 0.378 e. The van der Waals surface area contributed by atoms with Crippen LogP contribution in [0.3, 0.4) is 0 Å². The van der Waals surface area contributed by atoms with Gasteiger partial charge < -0.3 is 5.11 Å². The van der Waals surface area contributed by atoms with Gasteiger partial charge in [0.1, 0.15) is 6.23 Å². The minimum Gasteiger partial charge on any atom is -0.378 e. The highest BCUT2D eigenvalue weighted by Gasteiger charge is 2.07. The van der Waals surface area contributed by atoms with E-state index in [-0.39, 0.29) is 6.23 Å². The number of aliphatic hydroxyl groups excluding tert-OH is 1. The maximum Gasteiger partial charge on any atom is 0.107 e. The Morgan fingerprint density at radius 3 is 2.00 bits per heavy atom. The van der Waals surface area contributed by atoms with Crippen molar-refractivity contribution in [2.45, 2.75) is 26.5 Å². The minimum atomic E-state index is -0.347. The molecule has 1 unspecified atom stereocenters. The first-order chi connectivity index (χ1) is 4.26. The van der Waals surface area contributed by atoms with Gasteiger partial charge >= 0.3 is 0 Å². The van der Waals surface area contributed by atoms with Crippen molar-refractivity contribution < 1.29 is 5.11 Å². The SMILES string of the molecule is [CH2]CC(O)N(CC)CC. The number of hydrogen-bond donors (Lipinski definition) is 1. The van der Waals surface area contributed by atoms with Gasteiger partial charge in [-0.2, -0.15) is 0 Å². The fourth-order valence-electron chi connectivity index (χ4n) is 0.828. The molecule has 2 heteroatoms. The third-order valence-electron chi connectivity index (χ3n) is 1.49. The Morgan fingerprint density at radius 1 is 1.44 bits per heavy atom. The van der Waals surface area contributed by atoms with E-state index in [0.717, 1.165) is 13.1 Å². The zero-order chi connectivity index (χ0) is 7.28. The third kappa shape index (κ3) is 2.82. The van der Waals surface area contributed by atoms with Gasteiger partial charge in [0.05, 0.1) is 0 Å². The normalized spacial score (nSPS) is 14.3. The van der Waals surface area contributed by atoms with Crippen LogP contribution in [-0.4, -0.2) is 29.3 Å². The molecule has 1 atom stereocenters. The number of nitrogens with zero attached hydrogens (tertiary/aromatic N) is 1. The van der Waals surface area contributed by atoms with E-state index in [9.17, 15) is 5.11 Å². The summed E-state index contributed by atoms with van der Waals surface area (Å²) >= 11 is 0. The van der Waals surface area contributed by atoms with E-state index in [0.29, 0.717) is 6.42 Å². The highest BCUT2D eigenvalue weighted by Crippen LogP contribution is 1.97. The van der Waals surface area contributed by atoms with Gasteiger partial charge in [0, 0.05) is 0 Å². The van der Waals surface area contributed by atoms with Crippen LogP contribution in [0, 0.1) is 6.92 Å². The standard InChI is InChI=1S/C7H16NO/c1-4-7(9)8(5-2)6-3/h7,9H,1,4-6H2,2-3H3. The molecule has 0 aromatic carbocycles. The highest BCUT2D eigenvalue weighted by atomic mass is 16.3. The van der Waals surface area contributed by atoms with Gasteiger partial charge in [0.15, 0.2) is 0 Å². The predicted molar refractivity (Wildman–Crippen MR) is 38.9 cm³/mol. The molecular weight excluding hydrogens is 114 g/mol. The summed E-state index contributed by atoms with van der Waals surface area (Å²) in [6.45, 7) is 9.46. The van der Waals surface area contributed by atoms with Crippen LogP contribution in [0.2, 0.25) is 0 Å². The zero-order valence-electron chi connectivity index (χ0n) is 6.30. The van der Waals surface area contributed by atoms with E-state index < -0.39 is 0 Å². The second kappa shape index (κ2) is 4.77. The van der Waals surface area contributed by atoms with Crippen molar-refractivity contribution in [2.75, 3.05) is 13.1 Å². The van der Waals surface area contributed by atoms with Crippen LogP contribution in [0.25, 0.3) is 0 Å². The van der Waals surface area contributed by atoms with E-state index in [1.54, 1.807) is 0 Å². The molecule has 0 aliphatic carbocycles. The molecule has 0 aliphatic heterocycles. The Balaban J connectivity index is 3.50. The fraction of sp³-hybridized carbons (Fsp3) is 0.857. The van der Waals surface area contributed by atoms with Crippen LogP contribution in [0.15, 0.2) is 0 Å². The smallest absolute Gasteiger partial charge is 0.107 e. The fourth-order valence-corrected chi connectivity index (χ4v) is 0.828. The summed E-state index contributed by atoms with van der Waals surface area (Å²) in [5, 5.41) is 9.18. The van der Waals surface area contributed by atoms with Crippen LogP contribution in [0.5, 0.6) is 0 Å². The van der Waals surface area contributed by atoms with Crippen LogP contribution < -0.4 is 0 Å². The monoisotopic (exact) mass is 130 g/mol. The molecule has 9 heavy (non-hydrogen) atoms. The van der Waals surface area contributed by atoms with Gasteiger partial charge in [-0.05, 0) is 26.4 Å². The highest BCUT2D eigenvalue weighted by molar-refractivity contribution is 4.58. The number of rotatable bonds is 4. The molecule has 2 nitrogen and oxygen atoms in total. The lowest BCUT2D eigenvalue weighted by Crippen LogP contribution is -2.34. The van der Waals surface area contributed by atoms with Crippen molar-refractivity contribution in [3.05, 3.63) is 6.92 Å². The molecule has 0 heterocycles. The van der Waals surface area contributed by atoms with E-state index >= 15 is 0 Å². The Kier molecular flexibility index (Phi) is 4.72. The van der Waals surface area contributed by atoms with Gasteiger partial charge in [-0.25, -0.2) is 0 Å². The Bertz CT molecular complexity index is 61.9. The Hall–Kier alpha value is -0.0800. The first-order valence-corrected chi connectivity index (χ1v) is 3.47. The molecule has 1 radical (unpaired) electrons. The second-order valence-electron chi connectivity index (χ2n) is 1.99. The topological polar surface area (TPSA) is 23.5 Å². The molecule has 0 aliphatic rings. The van der Waals surface area contributed by atoms with Crippen molar-refractivity contribution in [3.63, 3.8) is 0 Å². The summed E-state index contributed by atoms with van der Waals surface area (Å²) in [5.41, 5.74) is 0. The molecule has 0 fully saturated rings. The van der Waals surface area contributed by atoms with Gasteiger partial charge in [-0.15, -0.1) is 0 Å². The molecule has 0 saturated heterocycles. The zero-order valence-corrected chi connectivity index (χ0v) is 6.30. The number of aliphatic hydroxyl groups is 1. The average molecular weight is 130 g/mol. The maximum atomic E-state index is 9.18. The minimum absolute atomic E-state index is 0.347. The first kappa shape index (κ1) is 8.92. The predicted octanol–water partition coefficient (Wildman–Crippen LogP) is 0.871. The van der Waals surface area contributed by atoms with E-state index in [1.165, 1.54) is 0 Å². The maximum absolute atomic E-state index is 9.18. The molecule has 0 spiro atoms. The molecule has 55 valence electrons. The summed E-state index contributed by atoms with van der Waals surface area (Å²) in [5.74, 6) is 0. The van der Waals surface area contributed by atoms with Crippen LogP contribution in [-0.2, 0) is 0 Å².